The summed E-state index contributed by atoms with van der Waals surface area (Å²) in [6.07, 6.45) is 1.06. The lowest BCUT2D eigenvalue weighted by molar-refractivity contribution is -0.130. The maximum Gasteiger partial charge on any atom is 0.236 e. The van der Waals surface area contributed by atoms with Gasteiger partial charge < -0.3 is 24.8 Å². The van der Waals surface area contributed by atoms with E-state index in [0.717, 1.165) is 57.1 Å². The Bertz CT molecular complexity index is 513. The second kappa shape index (κ2) is 9.49. The van der Waals surface area contributed by atoms with Crippen LogP contribution in [0.5, 0.6) is 5.75 Å². The van der Waals surface area contributed by atoms with Crippen LogP contribution in [-0.4, -0.2) is 82.7 Å². The van der Waals surface area contributed by atoms with Gasteiger partial charge in [-0.1, -0.05) is 12.1 Å². The van der Waals surface area contributed by atoms with Crippen LogP contribution < -0.4 is 15.0 Å². The molecule has 2 rings (SSSR count). The fourth-order valence-corrected chi connectivity index (χ4v) is 2.92. The van der Waals surface area contributed by atoms with Crippen molar-refractivity contribution in [2.45, 2.75) is 6.42 Å². The van der Waals surface area contributed by atoms with Gasteiger partial charge in [-0.15, -0.1) is 0 Å². The Kier molecular flexibility index (Phi) is 7.34. The lowest BCUT2D eigenvalue weighted by atomic mass is 10.2. The van der Waals surface area contributed by atoms with E-state index >= 15 is 0 Å². The normalized spacial score (nSPS) is 15.0. The first-order valence-electron chi connectivity index (χ1n) is 8.63. The Morgan fingerprint density at radius 2 is 1.92 bits per heavy atom. The fourth-order valence-electron chi connectivity index (χ4n) is 2.92. The number of carbonyl (C=O) groups is 1. The minimum atomic E-state index is 0.194. The van der Waals surface area contributed by atoms with E-state index in [2.05, 4.69) is 35.3 Å². The van der Waals surface area contributed by atoms with E-state index < -0.39 is 0 Å². The lowest BCUT2D eigenvalue weighted by Gasteiger charge is -2.36. The molecule has 0 aromatic heterocycles. The van der Waals surface area contributed by atoms with Gasteiger partial charge in [0.1, 0.15) is 5.75 Å². The highest BCUT2D eigenvalue weighted by molar-refractivity contribution is 5.78. The first kappa shape index (κ1) is 18.5. The van der Waals surface area contributed by atoms with Gasteiger partial charge in [-0.25, -0.2) is 0 Å². The van der Waals surface area contributed by atoms with Crippen LogP contribution in [-0.2, 0) is 4.79 Å². The number of piperazine rings is 1. The van der Waals surface area contributed by atoms with Crippen LogP contribution in [0, 0.1) is 0 Å². The first-order valence-corrected chi connectivity index (χ1v) is 8.63. The zero-order valence-corrected chi connectivity index (χ0v) is 15.1. The van der Waals surface area contributed by atoms with Gasteiger partial charge in [0.2, 0.25) is 5.91 Å². The van der Waals surface area contributed by atoms with Gasteiger partial charge in [0.25, 0.3) is 0 Å². The molecule has 1 N–H and O–H groups in total. The standard InChI is InChI=1S/C18H30N4O2/c1-20(2)10-6-9-19-15-18(23)22-13-11-21(12-14-22)16-7-4-5-8-17(16)24-3/h4-5,7-8,19H,6,9-15H2,1-3H3. The lowest BCUT2D eigenvalue weighted by Crippen LogP contribution is -2.51. The topological polar surface area (TPSA) is 48.1 Å². The number of ether oxygens (including phenoxy) is 1. The number of para-hydroxylation sites is 2. The number of amides is 1. The zero-order valence-electron chi connectivity index (χ0n) is 15.1. The number of hydrogen-bond donors (Lipinski definition) is 1. The molecule has 0 radical (unpaired) electrons. The van der Waals surface area contributed by atoms with Crippen LogP contribution in [0.2, 0.25) is 0 Å². The third-order valence-electron chi connectivity index (χ3n) is 4.29. The largest absolute Gasteiger partial charge is 0.495 e. The van der Waals surface area contributed by atoms with Crippen molar-refractivity contribution in [3.05, 3.63) is 24.3 Å². The second-order valence-electron chi connectivity index (χ2n) is 6.37. The molecular formula is C18H30N4O2. The highest BCUT2D eigenvalue weighted by atomic mass is 16.5. The van der Waals surface area contributed by atoms with Crippen LogP contribution in [0.4, 0.5) is 5.69 Å². The molecule has 1 heterocycles. The predicted octanol–water partition coefficient (Wildman–Crippen LogP) is 0.885. The second-order valence-corrected chi connectivity index (χ2v) is 6.37. The van der Waals surface area contributed by atoms with E-state index in [1.165, 1.54) is 0 Å². The van der Waals surface area contributed by atoms with Crippen LogP contribution in [0.15, 0.2) is 24.3 Å². The molecule has 0 saturated carbocycles. The Hall–Kier alpha value is -1.79. The molecule has 0 aliphatic carbocycles. The maximum absolute atomic E-state index is 12.3. The number of methoxy groups -OCH3 is 1. The van der Waals surface area contributed by atoms with Gasteiger partial charge in [-0.3, -0.25) is 4.79 Å². The molecule has 134 valence electrons. The van der Waals surface area contributed by atoms with Gasteiger partial charge in [0, 0.05) is 26.2 Å². The Morgan fingerprint density at radius 3 is 2.58 bits per heavy atom. The van der Waals surface area contributed by atoms with Crippen molar-refractivity contribution in [3.63, 3.8) is 0 Å². The van der Waals surface area contributed by atoms with Crippen molar-refractivity contribution in [1.29, 1.82) is 0 Å². The van der Waals surface area contributed by atoms with E-state index in [1.54, 1.807) is 7.11 Å². The minimum Gasteiger partial charge on any atom is -0.495 e. The quantitative estimate of drug-likeness (QED) is 0.716. The van der Waals surface area contributed by atoms with E-state index in [0.29, 0.717) is 6.54 Å². The number of rotatable bonds is 8. The minimum absolute atomic E-state index is 0.194. The van der Waals surface area contributed by atoms with Gasteiger partial charge in [-0.2, -0.15) is 0 Å². The van der Waals surface area contributed by atoms with Crippen molar-refractivity contribution in [3.8, 4) is 5.75 Å². The predicted molar refractivity (Wildman–Crippen MR) is 97.8 cm³/mol. The average Bonchev–Trinajstić information content (AvgIpc) is 2.61. The molecule has 0 unspecified atom stereocenters. The first-order chi connectivity index (χ1) is 11.6. The SMILES string of the molecule is COc1ccccc1N1CCN(C(=O)CNCCCN(C)C)CC1. The number of nitrogens with zero attached hydrogens (tertiary/aromatic N) is 3. The molecule has 1 saturated heterocycles. The van der Waals surface area contributed by atoms with E-state index in [1.807, 2.05) is 23.1 Å². The highest BCUT2D eigenvalue weighted by Crippen LogP contribution is 2.28. The van der Waals surface area contributed by atoms with Crippen LogP contribution in [0.1, 0.15) is 6.42 Å². The Balaban J connectivity index is 1.73. The van der Waals surface area contributed by atoms with E-state index in [9.17, 15) is 4.79 Å². The van der Waals surface area contributed by atoms with Crippen LogP contribution >= 0.6 is 0 Å². The van der Waals surface area contributed by atoms with Crippen molar-refractivity contribution in [2.75, 3.05) is 71.9 Å². The van der Waals surface area contributed by atoms with Gasteiger partial charge in [0.15, 0.2) is 0 Å². The summed E-state index contributed by atoms with van der Waals surface area (Å²) in [5.41, 5.74) is 1.11. The summed E-state index contributed by atoms with van der Waals surface area (Å²) in [5.74, 6) is 1.08. The number of carbonyl (C=O) groups excluding carboxylic acids is 1. The summed E-state index contributed by atoms with van der Waals surface area (Å²) in [6.45, 7) is 5.55. The number of benzene rings is 1. The molecular weight excluding hydrogens is 304 g/mol. The van der Waals surface area contributed by atoms with Crippen molar-refractivity contribution in [1.82, 2.24) is 15.1 Å². The van der Waals surface area contributed by atoms with Crippen molar-refractivity contribution >= 4 is 11.6 Å². The molecule has 1 amide bonds. The highest BCUT2D eigenvalue weighted by Gasteiger charge is 2.22. The van der Waals surface area contributed by atoms with E-state index in [-0.39, 0.29) is 5.91 Å². The molecule has 1 aromatic rings. The Morgan fingerprint density at radius 1 is 1.21 bits per heavy atom. The van der Waals surface area contributed by atoms with Gasteiger partial charge in [-0.05, 0) is 45.7 Å². The molecule has 24 heavy (non-hydrogen) atoms. The van der Waals surface area contributed by atoms with Crippen LogP contribution in [0.25, 0.3) is 0 Å². The molecule has 6 nitrogen and oxygen atoms in total. The summed E-state index contributed by atoms with van der Waals surface area (Å²) in [5, 5.41) is 3.25. The molecule has 0 atom stereocenters. The van der Waals surface area contributed by atoms with Crippen molar-refractivity contribution in [2.24, 2.45) is 0 Å². The molecule has 6 heteroatoms. The van der Waals surface area contributed by atoms with Crippen molar-refractivity contribution < 1.29 is 9.53 Å². The summed E-state index contributed by atoms with van der Waals surface area (Å²) >= 11 is 0. The summed E-state index contributed by atoms with van der Waals surface area (Å²) in [4.78, 5) is 18.7. The average molecular weight is 334 g/mol. The van der Waals surface area contributed by atoms with Gasteiger partial charge in [0.05, 0.1) is 19.3 Å². The summed E-state index contributed by atoms with van der Waals surface area (Å²) in [7, 11) is 5.82. The number of anilines is 1. The third kappa shape index (κ3) is 5.39. The monoisotopic (exact) mass is 334 g/mol. The molecule has 1 fully saturated rings. The molecule has 0 bridgehead atoms. The molecule has 1 aliphatic rings. The summed E-state index contributed by atoms with van der Waals surface area (Å²) < 4.78 is 5.43. The fraction of sp³-hybridized carbons (Fsp3) is 0.611. The summed E-state index contributed by atoms with van der Waals surface area (Å²) in [6, 6.07) is 8.05. The maximum atomic E-state index is 12.3. The smallest absolute Gasteiger partial charge is 0.236 e. The Labute approximate surface area is 145 Å². The number of hydrogen-bond acceptors (Lipinski definition) is 5. The van der Waals surface area contributed by atoms with Crippen LogP contribution in [0.3, 0.4) is 0 Å². The third-order valence-corrected chi connectivity index (χ3v) is 4.29. The molecule has 0 spiro atoms. The zero-order chi connectivity index (χ0) is 17.4. The number of nitrogens with one attached hydrogen (secondary N) is 1. The van der Waals surface area contributed by atoms with E-state index in [4.69, 9.17) is 4.74 Å². The van der Waals surface area contributed by atoms with Gasteiger partial charge >= 0.3 is 0 Å². The molecule has 1 aliphatic heterocycles. The molecule has 1 aromatic carbocycles.